The zero-order valence-electron chi connectivity index (χ0n) is 32.3. The second kappa shape index (κ2) is 14.7. The summed E-state index contributed by atoms with van der Waals surface area (Å²) in [5.41, 5.74) is 6.66. The summed E-state index contributed by atoms with van der Waals surface area (Å²) in [5, 5.41) is 7.58. The van der Waals surface area contributed by atoms with Gasteiger partial charge in [0.2, 0.25) is 5.95 Å². The normalized spacial score (nSPS) is 11.9. The molecular weight excluding hydrogens is 697 g/mol. The molecular formula is C51H44N4Si. The minimum atomic E-state index is -2.81. The molecule has 5 heteroatoms. The monoisotopic (exact) mass is 740 g/mol. The van der Waals surface area contributed by atoms with Gasteiger partial charge in [0.05, 0.1) is 11.0 Å². The van der Waals surface area contributed by atoms with Gasteiger partial charge in [-0.3, -0.25) is 4.57 Å². The van der Waals surface area contributed by atoms with Crippen LogP contribution in [-0.2, 0) is 0 Å². The van der Waals surface area contributed by atoms with Crippen molar-refractivity contribution in [2.75, 3.05) is 0 Å². The quantitative estimate of drug-likeness (QED) is 0.109. The number of aromatic nitrogens is 4. The van der Waals surface area contributed by atoms with E-state index in [1.54, 1.807) is 0 Å². The molecule has 0 spiro atoms. The summed E-state index contributed by atoms with van der Waals surface area (Å²) < 4.78 is 2.22. The Labute approximate surface area is 330 Å². The van der Waals surface area contributed by atoms with Crippen LogP contribution in [-0.4, -0.2) is 27.6 Å². The van der Waals surface area contributed by atoms with Crippen LogP contribution in [0.15, 0.2) is 182 Å². The molecule has 0 fully saturated rings. The average Bonchev–Trinajstić information content (AvgIpc) is 3.59. The van der Waals surface area contributed by atoms with Crippen LogP contribution >= 0.6 is 0 Å². The molecule has 0 aliphatic heterocycles. The molecule has 0 unspecified atom stereocenters. The van der Waals surface area contributed by atoms with E-state index in [1.165, 1.54) is 42.6 Å². The van der Waals surface area contributed by atoms with Crippen LogP contribution in [0.1, 0.15) is 50.7 Å². The molecule has 0 saturated heterocycles. The number of hydrogen-bond donors (Lipinski definition) is 0. The van der Waals surface area contributed by atoms with E-state index in [0.717, 1.165) is 22.2 Å². The Morgan fingerprint density at radius 2 is 0.839 bits per heavy atom. The fraction of sp³-hybridized carbons (Fsp3) is 0.118. The fourth-order valence-corrected chi connectivity index (χ4v) is 13.4. The molecule has 0 N–H and O–H groups in total. The van der Waals surface area contributed by atoms with Crippen molar-refractivity contribution in [1.29, 1.82) is 0 Å². The van der Waals surface area contributed by atoms with Crippen molar-refractivity contribution in [3.63, 3.8) is 0 Å². The van der Waals surface area contributed by atoms with Crippen molar-refractivity contribution >= 4 is 50.6 Å². The molecule has 0 aliphatic rings. The van der Waals surface area contributed by atoms with Crippen molar-refractivity contribution in [1.82, 2.24) is 19.5 Å². The van der Waals surface area contributed by atoms with E-state index in [0.29, 0.717) is 17.6 Å². The molecule has 56 heavy (non-hydrogen) atoms. The molecule has 9 rings (SSSR count). The third-order valence-electron chi connectivity index (χ3n) is 11.2. The van der Waals surface area contributed by atoms with Crippen LogP contribution in [0.3, 0.4) is 0 Å². The zero-order valence-corrected chi connectivity index (χ0v) is 33.3. The lowest BCUT2D eigenvalue weighted by atomic mass is 9.88. The number of rotatable bonds is 9. The first kappa shape index (κ1) is 35.3. The Bertz CT molecular complexity index is 2630. The van der Waals surface area contributed by atoms with E-state index >= 15 is 0 Å². The van der Waals surface area contributed by atoms with Gasteiger partial charge >= 0.3 is 0 Å². The van der Waals surface area contributed by atoms with Gasteiger partial charge in [-0.25, -0.2) is 4.98 Å². The van der Waals surface area contributed by atoms with Crippen molar-refractivity contribution < 1.29 is 0 Å². The van der Waals surface area contributed by atoms with Crippen LogP contribution in [0.25, 0.3) is 50.5 Å². The zero-order chi connectivity index (χ0) is 38.2. The van der Waals surface area contributed by atoms with Crippen LogP contribution in [0.4, 0.5) is 0 Å². The lowest BCUT2D eigenvalue weighted by molar-refractivity contribution is 0.831. The maximum Gasteiger partial charge on any atom is 0.238 e. The van der Waals surface area contributed by atoms with Crippen molar-refractivity contribution in [2.24, 2.45) is 0 Å². The minimum Gasteiger partial charge on any atom is -0.278 e. The molecule has 7 aromatic carbocycles. The second-order valence-electron chi connectivity index (χ2n) is 15.2. The molecule has 2 heterocycles. The second-order valence-corrected chi connectivity index (χ2v) is 19.0. The van der Waals surface area contributed by atoms with Gasteiger partial charge in [0, 0.05) is 21.9 Å². The molecule has 9 aromatic rings. The number of para-hydroxylation sites is 2. The lowest BCUT2D eigenvalue weighted by Crippen LogP contribution is -2.74. The van der Waals surface area contributed by atoms with E-state index in [4.69, 9.17) is 15.0 Å². The molecule has 0 radical (unpaired) electrons. The number of nitrogens with zero attached hydrogens (tertiary/aromatic N) is 4. The Morgan fingerprint density at radius 3 is 1.34 bits per heavy atom. The van der Waals surface area contributed by atoms with Crippen LogP contribution in [0.5, 0.6) is 0 Å². The molecule has 0 saturated carbocycles. The SMILES string of the molecule is CC(C)c1cccc(C(C)C)c1-c1nc(-c2cccc([Si](c3ccccc3)(c3ccccc3)c3ccccc3)c2)nc(-n2c3ccccc3c3ccccc32)n1. The summed E-state index contributed by atoms with van der Waals surface area (Å²) >= 11 is 0. The predicted molar refractivity (Wildman–Crippen MR) is 237 cm³/mol. The maximum absolute atomic E-state index is 5.45. The summed E-state index contributed by atoms with van der Waals surface area (Å²) in [6.45, 7) is 9.01. The summed E-state index contributed by atoms with van der Waals surface area (Å²) in [4.78, 5) is 16.3. The van der Waals surface area contributed by atoms with Gasteiger partial charge in [0.15, 0.2) is 19.7 Å². The van der Waals surface area contributed by atoms with Gasteiger partial charge in [-0.05, 0) is 55.8 Å². The number of benzene rings is 7. The molecule has 0 aliphatic carbocycles. The highest BCUT2D eigenvalue weighted by molar-refractivity contribution is 7.19. The van der Waals surface area contributed by atoms with E-state index in [1.807, 2.05) is 0 Å². The average molecular weight is 741 g/mol. The van der Waals surface area contributed by atoms with Crippen LogP contribution in [0.2, 0.25) is 0 Å². The summed E-state index contributed by atoms with van der Waals surface area (Å²) in [7, 11) is -2.81. The minimum absolute atomic E-state index is 0.276. The summed E-state index contributed by atoms with van der Waals surface area (Å²) in [6.07, 6.45) is 0. The predicted octanol–water partition coefficient (Wildman–Crippen LogP) is 9.93. The van der Waals surface area contributed by atoms with Gasteiger partial charge in [-0.2, -0.15) is 9.97 Å². The maximum atomic E-state index is 5.45. The summed E-state index contributed by atoms with van der Waals surface area (Å²) in [6, 6.07) is 65.9. The van der Waals surface area contributed by atoms with Gasteiger partial charge in [0.1, 0.15) is 0 Å². The Kier molecular flexibility index (Phi) is 9.24. The van der Waals surface area contributed by atoms with E-state index in [-0.39, 0.29) is 11.8 Å². The Morgan fingerprint density at radius 1 is 0.411 bits per heavy atom. The van der Waals surface area contributed by atoms with Gasteiger partial charge in [0.25, 0.3) is 0 Å². The third kappa shape index (κ3) is 5.96. The fourth-order valence-electron chi connectivity index (χ4n) is 8.61. The van der Waals surface area contributed by atoms with E-state index in [2.05, 4.69) is 214 Å². The van der Waals surface area contributed by atoms with Gasteiger partial charge < -0.3 is 0 Å². The van der Waals surface area contributed by atoms with Crippen LogP contribution < -0.4 is 20.7 Å². The standard InChI is InChI=1S/C51H44N4Si/c1-35(2)42-30-19-31-43(36(3)4)48(42)50-52-49(53-51(54-50)55-46-32-16-14-28-44(46)45-29-15-17-33-47(45)55)37-20-18-27-41(34-37)56(38-21-8-5-9-22-38,39-23-10-6-11-24-39)40-25-12-7-13-26-40/h5-36H,1-4H3. The first-order valence-corrected chi connectivity index (χ1v) is 21.6. The summed E-state index contributed by atoms with van der Waals surface area (Å²) in [5.74, 6) is 2.51. The highest BCUT2D eigenvalue weighted by Crippen LogP contribution is 2.37. The topological polar surface area (TPSA) is 43.6 Å². The van der Waals surface area contributed by atoms with E-state index < -0.39 is 8.07 Å². The van der Waals surface area contributed by atoms with Crippen molar-refractivity contribution in [2.45, 2.75) is 39.5 Å². The van der Waals surface area contributed by atoms with E-state index in [9.17, 15) is 0 Å². The third-order valence-corrected chi connectivity index (χ3v) is 15.9. The van der Waals surface area contributed by atoms with Crippen molar-refractivity contribution in [3.05, 3.63) is 193 Å². The Balaban J connectivity index is 1.36. The largest absolute Gasteiger partial charge is 0.278 e. The van der Waals surface area contributed by atoms with Crippen molar-refractivity contribution in [3.8, 4) is 28.7 Å². The molecule has 0 amide bonds. The van der Waals surface area contributed by atoms with Crippen LogP contribution in [0, 0.1) is 0 Å². The highest BCUT2D eigenvalue weighted by atomic mass is 28.3. The van der Waals surface area contributed by atoms with Gasteiger partial charge in [-0.15, -0.1) is 0 Å². The first-order valence-electron chi connectivity index (χ1n) is 19.6. The highest BCUT2D eigenvalue weighted by Gasteiger charge is 2.41. The molecule has 272 valence electrons. The molecule has 0 bridgehead atoms. The molecule has 0 atom stereocenters. The number of hydrogen-bond acceptors (Lipinski definition) is 3. The molecule has 4 nitrogen and oxygen atoms in total. The number of fused-ring (bicyclic) bond motifs is 3. The first-order chi connectivity index (χ1) is 27.4. The molecule has 2 aromatic heterocycles. The smallest absolute Gasteiger partial charge is 0.238 e. The van der Waals surface area contributed by atoms with Gasteiger partial charge in [-0.1, -0.05) is 198 Å². The Hall–Kier alpha value is -6.43. The lowest BCUT2D eigenvalue weighted by Gasteiger charge is -2.34.